The molecule has 0 saturated carbocycles. The predicted octanol–water partition coefficient (Wildman–Crippen LogP) is 6.74. The molecule has 0 atom stereocenters. The molecule has 0 fully saturated rings. The Morgan fingerprint density at radius 1 is 0.900 bits per heavy atom. The lowest BCUT2D eigenvalue weighted by atomic mass is 10.1. The molecule has 0 aromatic heterocycles. The highest BCUT2D eigenvalue weighted by Crippen LogP contribution is 2.35. The lowest BCUT2D eigenvalue weighted by Gasteiger charge is -2.26. The Hall–Kier alpha value is -3.33. The van der Waals surface area contributed by atoms with E-state index in [1.807, 2.05) is 0 Å². The first-order valence-electron chi connectivity index (χ1n) is 10.3. The second kappa shape index (κ2) is 9.93. The van der Waals surface area contributed by atoms with Crippen LogP contribution in [0, 0.1) is 20.8 Å². The van der Waals surface area contributed by atoms with Gasteiger partial charge in [0.05, 0.1) is 6.61 Å². The van der Waals surface area contributed by atoms with E-state index in [9.17, 15) is 4.79 Å². The zero-order valence-electron chi connectivity index (χ0n) is 18.0. The Bertz CT molecular complexity index is 1020. The van der Waals surface area contributed by atoms with Gasteiger partial charge in [0, 0.05) is 23.1 Å². The van der Waals surface area contributed by atoms with E-state index in [-0.39, 0.29) is 5.97 Å². The second-order valence-electron chi connectivity index (χ2n) is 7.58. The maximum Gasteiger partial charge on any atom is 0.330 e. The molecule has 0 aliphatic rings. The lowest BCUT2D eigenvalue weighted by molar-refractivity contribution is -0.137. The van der Waals surface area contributed by atoms with Crippen molar-refractivity contribution >= 4 is 23.0 Å². The quantitative estimate of drug-likeness (QED) is 0.238. The standard InChI is InChI=1S/C27H29NO2/c1-5-27(29)30-17-7-9-23-12-15-24(16-13-23)28(25-10-6-8-20(2)18-25)26-14-11-21(3)22(4)19-26/h5-6,8,10-16,18-19H,1,7,9,17H2,2-4H3. The molecular formula is C27H29NO2. The van der Waals surface area contributed by atoms with Gasteiger partial charge in [-0.15, -0.1) is 0 Å². The van der Waals surface area contributed by atoms with Crippen LogP contribution in [0.25, 0.3) is 0 Å². The topological polar surface area (TPSA) is 29.5 Å². The summed E-state index contributed by atoms with van der Waals surface area (Å²) in [5.74, 6) is -0.368. The van der Waals surface area contributed by atoms with Crippen molar-refractivity contribution < 1.29 is 9.53 Å². The van der Waals surface area contributed by atoms with Gasteiger partial charge >= 0.3 is 5.97 Å². The van der Waals surface area contributed by atoms with E-state index in [0.717, 1.165) is 29.9 Å². The largest absolute Gasteiger partial charge is 0.463 e. The maximum atomic E-state index is 11.1. The fraction of sp³-hybridized carbons (Fsp3) is 0.222. The minimum absolute atomic E-state index is 0.368. The number of ether oxygens (including phenoxy) is 1. The summed E-state index contributed by atoms with van der Waals surface area (Å²) in [5.41, 5.74) is 8.41. The van der Waals surface area contributed by atoms with Gasteiger partial charge in [0.15, 0.2) is 0 Å². The molecule has 0 amide bonds. The van der Waals surface area contributed by atoms with Gasteiger partial charge < -0.3 is 9.64 Å². The molecular weight excluding hydrogens is 370 g/mol. The first kappa shape index (κ1) is 21.4. The molecule has 0 bridgehead atoms. The highest BCUT2D eigenvalue weighted by molar-refractivity contribution is 5.81. The van der Waals surface area contributed by atoms with E-state index in [1.165, 1.54) is 28.3 Å². The van der Waals surface area contributed by atoms with E-state index in [4.69, 9.17) is 4.74 Å². The summed E-state index contributed by atoms with van der Waals surface area (Å²) < 4.78 is 5.06. The zero-order valence-corrected chi connectivity index (χ0v) is 18.0. The van der Waals surface area contributed by atoms with Crippen molar-refractivity contribution in [3.8, 4) is 0 Å². The molecule has 154 valence electrons. The van der Waals surface area contributed by atoms with Crippen LogP contribution in [0.5, 0.6) is 0 Å². The molecule has 0 heterocycles. The molecule has 3 heteroatoms. The van der Waals surface area contributed by atoms with Crippen molar-refractivity contribution in [2.45, 2.75) is 33.6 Å². The van der Waals surface area contributed by atoms with Crippen molar-refractivity contribution in [3.63, 3.8) is 0 Å². The summed E-state index contributed by atoms with van der Waals surface area (Å²) in [6, 6.07) is 23.7. The number of carbonyl (C=O) groups excluding carboxylic acids is 1. The van der Waals surface area contributed by atoms with Crippen LogP contribution in [0.2, 0.25) is 0 Å². The number of hydrogen-bond acceptors (Lipinski definition) is 3. The van der Waals surface area contributed by atoms with Gasteiger partial charge in [-0.05, 0) is 92.3 Å². The summed E-state index contributed by atoms with van der Waals surface area (Å²) in [7, 11) is 0. The molecule has 0 radical (unpaired) electrons. The van der Waals surface area contributed by atoms with E-state index in [0.29, 0.717) is 6.61 Å². The Morgan fingerprint density at radius 2 is 1.60 bits per heavy atom. The third-order valence-corrected chi connectivity index (χ3v) is 5.22. The molecule has 0 N–H and O–H groups in total. The van der Waals surface area contributed by atoms with Gasteiger partial charge in [0.2, 0.25) is 0 Å². The van der Waals surface area contributed by atoms with E-state index in [1.54, 1.807) is 0 Å². The Balaban J connectivity index is 1.84. The van der Waals surface area contributed by atoms with Crippen molar-refractivity contribution in [3.05, 3.63) is 102 Å². The van der Waals surface area contributed by atoms with Crippen LogP contribution in [-0.2, 0) is 16.0 Å². The maximum absolute atomic E-state index is 11.1. The summed E-state index contributed by atoms with van der Waals surface area (Å²) in [5, 5.41) is 0. The summed E-state index contributed by atoms with van der Waals surface area (Å²) in [6.45, 7) is 10.2. The molecule has 3 nitrogen and oxygen atoms in total. The highest BCUT2D eigenvalue weighted by Gasteiger charge is 2.13. The molecule has 30 heavy (non-hydrogen) atoms. The van der Waals surface area contributed by atoms with Gasteiger partial charge in [0.25, 0.3) is 0 Å². The number of esters is 1. The van der Waals surface area contributed by atoms with Crippen molar-refractivity contribution in [2.75, 3.05) is 11.5 Å². The third kappa shape index (κ3) is 5.38. The lowest BCUT2D eigenvalue weighted by Crippen LogP contribution is -2.10. The van der Waals surface area contributed by atoms with Crippen molar-refractivity contribution in [1.29, 1.82) is 0 Å². The first-order valence-corrected chi connectivity index (χ1v) is 10.3. The minimum Gasteiger partial charge on any atom is -0.463 e. The van der Waals surface area contributed by atoms with Gasteiger partial charge in [-0.1, -0.05) is 36.9 Å². The van der Waals surface area contributed by atoms with Crippen LogP contribution in [-0.4, -0.2) is 12.6 Å². The summed E-state index contributed by atoms with van der Waals surface area (Å²) in [4.78, 5) is 13.4. The van der Waals surface area contributed by atoms with Crippen LogP contribution in [0.4, 0.5) is 17.1 Å². The normalized spacial score (nSPS) is 10.5. The van der Waals surface area contributed by atoms with Crippen LogP contribution in [0.3, 0.4) is 0 Å². The van der Waals surface area contributed by atoms with Crippen molar-refractivity contribution in [2.24, 2.45) is 0 Å². The molecule has 3 aromatic rings. The molecule has 0 aliphatic carbocycles. The molecule has 0 unspecified atom stereocenters. The predicted molar refractivity (Wildman–Crippen MR) is 125 cm³/mol. The molecule has 3 rings (SSSR count). The summed E-state index contributed by atoms with van der Waals surface area (Å²) in [6.07, 6.45) is 2.85. The molecule has 0 saturated heterocycles. The number of nitrogens with zero attached hydrogens (tertiary/aromatic N) is 1. The van der Waals surface area contributed by atoms with Gasteiger partial charge in [0.1, 0.15) is 0 Å². The first-order chi connectivity index (χ1) is 14.5. The number of carbonyl (C=O) groups is 1. The van der Waals surface area contributed by atoms with E-state index >= 15 is 0 Å². The zero-order chi connectivity index (χ0) is 21.5. The van der Waals surface area contributed by atoms with Gasteiger partial charge in [-0.2, -0.15) is 0 Å². The highest BCUT2D eigenvalue weighted by atomic mass is 16.5. The average Bonchev–Trinajstić information content (AvgIpc) is 2.75. The van der Waals surface area contributed by atoms with Crippen LogP contribution < -0.4 is 4.90 Å². The van der Waals surface area contributed by atoms with Crippen LogP contribution >= 0.6 is 0 Å². The Labute approximate surface area is 179 Å². The number of anilines is 3. The van der Waals surface area contributed by atoms with Gasteiger partial charge in [-0.25, -0.2) is 4.79 Å². The summed E-state index contributed by atoms with van der Waals surface area (Å²) >= 11 is 0. The third-order valence-electron chi connectivity index (χ3n) is 5.22. The molecule has 3 aromatic carbocycles. The molecule has 0 aliphatic heterocycles. The number of rotatable bonds is 8. The Kier molecular flexibility index (Phi) is 7.08. The van der Waals surface area contributed by atoms with Crippen molar-refractivity contribution in [1.82, 2.24) is 0 Å². The van der Waals surface area contributed by atoms with Crippen LogP contribution in [0.1, 0.15) is 28.7 Å². The monoisotopic (exact) mass is 399 g/mol. The number of benzene rings is 3. The number of aryl methyl sites for hydroxylation is 4. The van der Waals surface area contributed by atoms with E-state index < -0.39 is 0 Å². The van der Waals surface area contributed by atoms with Crippen LogP contribution in [0.15, 0.2) is 79.4 Å². The smallest absolute Gasteiger partial charge is 0.330 e. The number of hydrogen-bond donors (Lipinski definition) is 0. The SMILES string of the molecule is C=CC(=O)OCCCc1ccc(N(c2cccc(C)c2)c2ccc(C)c(C)c2)cc1. The molecule has 0 spiro atoms. The van der Waals surface area contributed by atoms with E-state index in [2.05, 4.69) is 99.0 Å². The Morgan fingerprint density at radius 3 is 2.27 bits per heavy atom. The fourth-order valence-electron chi connectivity index (χ4n) is 3.40. The fourth-order valence-corrected chi connectivity index (χ4v) is 3.40. The average molecular weight is 400 g/mol. The minimum atomic E-state index is -0.368. The van der Waals surface area contributed by atoms with Gasteiger partial charge in [-0.3, -0.25) is 0 Å². The second-order valence-corrected chi connectivity index (χ2v) is 7.58.